The summed E-state index contributed by atoms with van der Waals surface area (Å²) in [5.74, 6) is 0.288. The van der Waals surface area contributed by atoms with Crippen LogP contribution in [0.15, 0.2) is 12.2 Å². The van der Waals surface area contributed by atoms with Crippen molar-refractivity contribution in [3.63, 3.8) is 0 Å². The number of nitrogens with two attached hydrogens (primary N) is 1. The Morgan fingerprint density at radius 3 is 2.76 bits per heavy atom. The highest BCUT2D eigenvalue weighted by atomic mass is 16.5. The molecule has 0 aromatic carbocycles. The lowest BCUT2D eigenvalue weighted by Gasteiger charge is -2.16. The minimum Gasteiger partial charge on any atom is -0.465 e. The molecule has 3 unspecified atom stereocenters. The normalized spacial score (nSPS) is 24.9. The zero-order valence-corrected chi connectivity index (χ0v) is 11.0. The lowest BCUT2D eigenvalue weighted by Crippen LogP contribution is -2.22. The third-order valence-corrected chi connectivity index (χ3v) is 3.42. The van der Waals surface area contributed by atoms with Gasteiger partial charge in [0.1, 0.15) is 0 Å². The third-order valence-electron chi connectivity index (χ3n) is 3.42. The molecule has 3 nitrogen and oxygen atoms in total. The number of unbranched alkanes of at least 4 members (excludes halogenated alkanes) is 1. The van der Waals surface area contributed by atoms with Crippen molar-refractivity contribution in [1.29, 1.82) is 0 Å². The van der Waals surface area contributed by atoms with Crippen molar-refractivity contribution < 1.29 is 9.53 Å². The zero-order chi connectivity index (χ0) is 12.7. The molecule has 0 saturated heterocycles. The number of hydrogen-bond acceptors (Lipinski definition) is 3. The second-order valence-electron chi connectivity index (χ2n) is 4.94. The standard InChI is InChI=1S/C14H25NO2/c1-3-5-6-11(4-2)10-17-14(16)12-7-8-13(15)9-12/h7-8,11-13H,3-6,9-10,15H2,1-2H3. The lowest BCUT2D eigenvalue weighted by molar-refractivity contribution is -0.148. The van der Waals surface area contributed by atoms with Crippen LogP contribution in [0.4, 0.5) is 0 Å². The smallest absolute Gasteiger partial charge is 0.312 e. The lowest BCUT2D eigenvalue weighted by atomic mass is 10.0. The zero-order valence-electron chi connectivity index (χ0n) is 11.0. The first-order valence-electron chi connectivity index (χ1n) is 6.77. The molecular weight excluding hydrogens is 214 g/mol. The van der Waals surface area contributed by atoms with E-state index in [0.29, 0.717) is 18.9 Å². The predicted molar refractivity (Wildman–Crippen MR) is 69.5 cm³/mol. The van der Waals surface area contributed by atoms with E-state index in [1.165, 1.54) is 12.8 Å². The van der Waals surface area contributed by atoms with Crippen LogP contribution >= 0.6 is 0 Å². The minimum atomic E-state index is -0.117. The van der Waals surface area contributed by atoms with Crippen molar-refractivity contribution in [3.05, 3.63) is 12.2 Å². The summed E-state index contributed by atoms with van der Waals surface area (Å²) >= 11 is 0. The van der Waals surface area contributed by atoms with Crippen LogP contribution < -0.4 is 5.73 Å². The first-order valence-corrected chi connectivity index (χ1v) is 6.77. The highest BCUT2D eigenvalue weighted by molar-refractivity contribution is 5.75. The van der Waals surface area contributed by atoms with Crippen molar-refractivity contribution in [2.75, 3.05) is 6.61 Å². The molecule has 0 spiro atoms. The number of rotatable bonds is 7. The fraction of sp³-hybridized carbons (Fsp3) is 0.786. The SMILES string of the molecule is CCCCC(CC)COC(=O)C1C=CC(N)C1. The predicted octanol–water partition coefficient (Wildman–Crippen LogP) is 2.65. The van der Waals surface area contributed by atoms with E-state index in [-0.39, 0.29) is 17.9 Å². The van der Waals surface area contributed by atoms with Gasteiger partial charge in [-0.3, -0.25) is 4.79 Å². The molecule has 0 aliphatic heterocycles. The Bertz CT molecular complexity index is 263. The number of carbonyl (C=O) groups excluding carboxylic acids is 1. The van der Waals surface area contributed by atoms with Gasteiger partial charge in [-0.05, 0) is 18.8 Å². The molecule has 17 heavy (non-hydrogen) atoms. The van der Waals surface area contributed by atoms with Gasteiger partial charge in [0.15, 0.2) is 0 Å². The fourth-order valence-electron chi connectivity index (χ4n) is 2.11. The van der Waals surface area contributed by atoms with E-state index in [4.69, 9.17) is 10.5 Å². The number of carbonyl (C=O) groups is 1. The van der Waals surface area contributed by atoms with Crippen LogP contribution in [0.25, 0.3) is 0 Å². The average molecular weight is 239 g/mol. The molecule has 0 aromatic heterocycles. The van der Waals surface area contributed by atoms with E-state index in [0.717, 1.165) is 12.8 Å². The largest absolute Gasteiger partial charge is 0.465 e. The Morgan fingerprint density at radius 2 is 2.24 bits per heavy atom. The van der Waals surface area contributed by atoms with Gasteiger partial charge in [-0.2, -0.15) is 0 Å². The molecule has 2 N–H and O–H groups in total. The van der Waals surface area contributed by atoms with E-state index in [1.807, 2.05) is 12.2 Å². The summed E-state index contributed by atoms with van der Waals surface area (Å²) in [4.78, 5) is 11.8. The maximum atomic E-state index is 11.8. The Morgan fingerprint density at radius 1 is 1.47 bits per heavy atom. The molecule has 0 amide bonds. The van der Waals surface area contributed by atoms with Crippen molar-refractivity contribution >= 4 is 5.97 Å². The van der Waals surface area contributed by atoms with Gasteiger partial charge in [0, 0.05) is 6.04 Å². The van der Waals surface area contributed by atoms with Crippen molar-refractivity contribution in [2.24, 2.45) is 17.6 Å². The van der Waals surface area contributed by atoms with Crippen LogP contribution in [0.3, 0.4) is 0 Å². The summed E-state index contributed by atoms with van der Waals surface area (Å²) in [7, 11) is 0. The molecule has 3 atom stereocenters. The second kappa shape index (κ2) is 7.49. The molecule has 3 heteroatoms. The summed E-state index contributed by atoms with van der Waals surface area (Å²) < 4.78 is 5.38. The summed E-state index contributed by atoms with van der Waals surface area (Å²) in [6.45, 7) is 4.90. The highest BCUT2D eigenvalue weighted by Crippen LogP contribution is 2.19. The van der Waals surface area contributed by atoms with Gasteiger partial charge in [-0.25, -0.2) is 0 Å². The Hall–Kier alpha value is -0.830. The molecule has 0 radical (unpaired) electrons. The van der Waals surface area contributed by atoms with Gasteiger partial charge in [0.25, 0.3) is 0 Å². The summed E-state index contributed by atoms with van der Waals surface area (Å²) in [5, 5.41) is 0. The van der Waals surface area contributed by atoms with E-state index in [9.17, 15) is 4.79 Å². The molecule has 0 fully saturated rings. The van der Waals surface area contributed by atoms with Crippen molar-refractivity contribution in [2.45, 2.75) is 52.0 Å². The monoisotopic (exact) mass is 239 g/mol. The molecule has 0 aromatic rings. The highest BCUT2D eigenvalue weighted by Gasteiger charge is 2.24. The number of hydrogen-bond donors (Lipinski definition) is 1. The Labute approximate surface area is 104 Å². The van der Waals surface area contributed by atoms with Gasteiger partial charge in [0.05, 0.1) is 12.5 Å². The first-order chi connectivity index (χ1) is 8.17. The maximum absolute atomic E-state index is 11.8. The summed E-state index contributed by atoms with van der Waals surface area (Å²) in [5.41, 5.74) is 5.72. The molecule has 0 bridgehead atoms. The van der Waals surface area contributed by atoms with Gasteiger partial charge in [-0.1, -0.05) is 45.3 Å². The fourth-order valence-corrected chi connectivity index (χ4v) is 2.11. The maximum Gasteiger partial charge on any atom is 0.312 e. The molecular formula is C14H25NO2. The number of esters is 1. The first kappa shape index (κ1) is 14.2. The third kappa shape index (κ3) is 4.90. The van der Waals surface area contributed by atoms with Crippen molar-refractivity contribution in [1.82, 2.24) is 0 Å². The van der Waals surface area contributed by atoms with E-state index >= 15 is 0 Å². The molecule has 0 heterocycles. The van der Waals surface area contributed by atoms with Crippen LogP contribution in [0, 0.1) is 11.8 Å². The second-order valence-corrected chi connectivity index (χ2v) is 4.94. The molecule has 98 valence electrons. The van der Waals surface area contributed by atoms with Crippen LogP contribution in [-0.4, -0.2) is 18.6 Å². The van der Waals surface area contributed by atoms with Gasteiger partial charge in [0.2, 0.25) is 0 Å². The van der Waals surface area contributed by atoms with Crippen LogP contribution in [0.2, 0.25) is 0 Å². The molecule has 1 aliphatic carbocycles. The number of ether oxygens (including phenoxy) is 1. The Kier molecular flexibility index (Phi) is 6.27. The molecule has 1 aliphatic rings. The summed E-state index contributed by atoms with van der Waals surface area (Å²) in [6.07, 6.45) is 9.10. The molecule has 1 rings (SSSR count). The van der Waals surface area contributed by atoms with Gasteiger partial charge in [-0.15, -0.1) is 0 Å². The van der Waals surface area contributed by atoms with Crippen LogP contribution in [0.5, 0.6) is 0 Å². The van der Waals surface area contributed by atoms with E-state index in [1.54, 1.807) is 0 Å². The van der Waals surface area contributed by atoms with Crippen LogP contribution in [-0.2, 0) is 9.53 Å². The summed E-state index contributed by atoms with van der Waals surface area (Å²) in [6, 6.07) is 0.0228. The van der Waals surface area contributed by atoms with E-state index < -0.39 is 0 Å². The van der Waals surface area contributed by atoms with E-state index in [2.05, 4.69) is 13.8 Å². The quantitative estimate of drug-likeness (QED) is 0.549. The van der Waals surface area contributed by atoms with Crippen molar-refractivity contribution in [3.8, 4) is 0 Å². The molecule has 0 saturated carbocycles. The average Bonchev–Trinajstić information content (AvgIpc) is 2.76. The van der Waals surface area contributed by atoms with Gasteiger partial charge < -0.3 is 10.5 Å². The minimum absolute atomic E-state index is 0.0228. The Balaban J connectivity index is 2.24. The van der Waals surface area contributed by atoms with Gasteiger partial charge >= 0.3 is 5.97 Å². The topological polar surface area (TPSA) is 52.3 Å². The van der Waals surface area contributed by atoms with Crippen LogP contribution in [0.1, 0.15) is 46.0 Å².